The third-order valence-corrected chi connectivity index (χ3v) is 2.85. The maximum atomic E-state index is 5.84. The summed E-state index contributed by atoms with van der Waals surface area (Å²) in [6.07, 6.45) is 0. The summed E-state index contributed by atoms with van der Waals surface area (Å²) < 4.78 is 6.96. The maximum Gasteiger partial charge on any atom is 0.103 e. The van der Waals surface area contributed by atoms with E-state index in [9.17, 15) is 0 Å². The second-order valence-corrected chi connectivity index (χ2v) is 4.02. The molecule has 0 atom stereocenters. The minimum atomic E-state index is 0.338. The summed E-state index contributed by atoms with van der Waals surface area (Å²) in [7, 11) is 1.65. The molecule has 2 aromatic rings. The van der Waals surface area contributed by atoms with Gasteiger partial charge in [0, 0.05) is 7.11 Å². The molecular formula is C12H14ClN3O. The van der Waals surface area contributed by atoms with Gasteiger partial charge in [0.15, 0.2) is 0 Å². The molecule has 0 radical (unpaired) electrons. The molecule has 0 fully saturated rings. The summed E-state index contributed by atoms with van der Waals surface area (Å²) >= 11 is 5.84. The lowest BCUT2D eigenvalue weighted by Gasteiger charge is -2.08. The van der Waals surface area contributed by atoms with Gasteiger partial charge >= 0.3 is 0 Å². The van der Waals surface area contributed by atoms with E-state index in [0.717, 1.165) is 22.6 Å². The number of rotatable bonds is 4. The topological polar surface area (TPSA) is 39.9 Å². The summed E-state index contributed by atoms with van der Waals surface area (Å²) in [5, 5.41) is 8.21. The van der Waals surface area contributed by atoms with Crippen LogP contribution in [0.15, 0.2) is 24.3 Å². The van der Waals surface area contributed by atoms with Crippen LogP contribution in [0.4, 0.5) is 0 Å². The Morgan fingerprint density at radius 3 is 2.76 bits per heavy atom. The fraction of sp³-hybridized carbons (Fsp3) is 0.333. The third kappa shape index (κ3) is 2.33. The molecule has 5 heteroatoms. The van der Waals surface area contributed by atoms with Crippen molar-refractivity contribution in [1.29, 1.82) is 0 Å². The number of hydrogen-bond acceptors (Lipinski definition) is 3. The van der Waals surface area contributed by atoms with Crippen LogP contribution in [0.25, 0.3) is 5.69 Å². The number of aryl methyl sites for hydroxylation is 1. The van der Waals surface area contributed by atoms with E-state index >= 15 is 0 Å². The summed E-state index contributed by atoms with van der Waals surface area (Å²) in [6.45, 7) is 2.48. The Bertz CT molecular complexity index is 510. The van der Waals surface area contributed by atoms with E-state index in [1.807, 2.05) is 31.2 Å². The van der Waals surface area contributed by atoms with E-state index in [-0.39, 0.29) is 0 Å². The van der Waals surface area contributed by atoms with Crippen LogP contribution in [-0.2, 0) is 17.2 Å². The van der Waals surface area contributed by atoms with Gasteiger partial charge in [-0.2, -0.15) is 0 Å². The van der Waals surface area contributed by atoms with Crippen LogP contribution < -0.4 is 0 Å². The van der Waals surface area contributed by atoms with Crippen molar-refractivity contribution in [3.8, 4) is 5.69 Å². The molecule has 0 spiro atoms. The molecule has 1 aromatic heterocycles. The predicted octanol–water partition coefficient (Wildman–Crippen LogP) is 2.46. The molecule has 4 nitrogen and oxygen atoms in total. The molecule has 0 saturated carbocycles. The Balaban J connectivity index is 2.52. The van der Waals surface area contributed by atoms with Gasteiger partial charge in [-0.1, -0.05) is 23.4 Å². The number of halogens is 1. The average molecular weight is 252 g/mol. The van der Waals surface area contributed by atoms with Crippen molar-refractivity contribution in [3.05, 3.63) is 41.2 Å². The van der Waals surface area contributed by atoms with Crippen LogP contribution in [0.2, 0.25) is 0 Å². The summed E-state index contributed by atoms with van der Waals surface area (Å²) in [5.41, 5.74) is 3.80. The largest absolute Gasteiger partial charge is 0.378 e. The van der Waals surface area contributed by atoms with E-state index in [1.54, 1.807) is 11.8 Å². The number of aromatic nitrogens is 3. The standard InChI is InChI=1S/C12H14ClN3O/c1-9-5-3-4-6-11(9)16-12(8-17-2)10(7-13)14-15-16/h3-6H,7-8H2,1-2H3. The number of alkyl halides is 1. The fourth-order valence-electron chi connectivity index (χ4n) is 1.71. The molecule has 0 aliphatic heterocycles. The minimum Gasteiger partial charge on any atom is -0.378 e. The smallest absolute Gasteiger partial charge is 0.103 e. The molecule has 17 heavy (non-hydrogen) atoms. The second kappa shape index (κ2) is 5.29. The van der Waals surface area contributed by atoms with Crippen molar-refractivity contribution in [2.75, 3.05) is 7.11 Å². The molecular weight excluding hydrogens is 238 g/mol. The molecule has 1 heterocycles. The lowest BCUT2D eigenvalue weighted by molar-refractivity contribution is 0.178. The van der Waals surface area contributed by atoms with Crippen LogP contribution in [-0.4, -0.2) is 22.1 Å². The molecule has 2 rings (SSSR count). The van der Waals surface area contributed by atoms with E-state index in [2.05, 4.69) is 10.3 Å². The highest BCUT2D eigenvalue weighted by Crippen LogP contribution is 2.18. The number of nitrogens with zero attached hydrogens (tertiary/aromatic N) is 3. The minimum absolute atomic E-state index is 0.338. The normalized spacial score (nSPS) is 10.8. The molecule has 0 aliphatic rings. The monoisotopic (exact) mass is 251 g/mol. The van der Waals surface area contributed by atoms with Crippen molar-refractivity contribution in [1.82, 2.24) is 15.0 Å². The Morgan fingerprint density at radius 2 is 2.12 bits per heavy atom. The van der Waals surface area contributed by atoms with Gasteiger partial charge in [0.2, 0.25) is 0 Å². The van der Waals surface area contributed by atoms with Gasteiger partial charge in [-0.15, -0.1) is 16.7 Å². The van der Waals surface area contributed by atoms with Gasteiger partial charge in [0.05, 0.1) is 23.9 Å². The van der Waals surface area contributed by atoms with Gasteiger partial charge < -0.3 is 4.74 Å². The quantitative estimate of drug-likeness (QED) is 0.784. The lowest BCUT2D eigenvalue weighted by atomic mass is 10.2. The lowest BCUT2D eigenvalue weighted by Crippen LogP contribution is -2.06. The van der Waals surface area contributed by atoms with Gasteiger partial charge in [-0.05, 0) is 18.6 Å². The first kappa shape index (κ1) is 12.1. The first-order valence-electron chi connectivity index (χ1n) is 5.32. The van der Waals surface area contributed by atoms with E-state index in [0.29, 0.717) is 12.5 Å². The first-order valence-corrected chi connectivity index (χ1v) is 5.85. The molecule has 1 aromatic carbocycles. The highest BCUT2D eigenvalue weighted by Gasteiger charge is 2.14. The average Bonchev–Trinajstić information content (AvgIpc) is 2.73. The van der Waals surface area contributed by atoms with Crippen molar-refractivity contribution < 1.29 is 4.74 Å². The van der Waals surface area contributed by atoms with Crippen molar-refractivity contribution >= 4 is 11.6 Å². The molecule has 0 N–H and O–H groups in total. The molecule has 90 valence electrons. The summed E-state index contributed by atoms with van der Waals surface area (Å²) in [6, 6.07) is 8.00. The molecule has 0 aliphatic carbocycles. The molecule has 0 amide bonds. The van der Waals surface area contributed by atoms with Gasteiger partial charge in [0.25, 0.3) is 0 Å². The Morgan fingerprint density at radius 1 is 1.35 bits per heavy atom. The van der Waals surface area contributed by atoms with Crippen LogP contribution in [0.3, 0.4) is 0 Å². The van der Waals surface area contributed by atoms with Crippen LogP contribution in [0, 0.1) is 6.92 Å². The highest BCUT2D eigenvalue weighted by atomic mass is 35.5. The SMILES string of the molecule is COCc1c(CCl)nnn1-c1ccccc1C. The first-order chi connectivity index (χ1) is 8.27. The van der Waals surface area contributed by atoms with E-state index < -0.39 is 0 Å². The summed E-state index contributed by atoms with van der Waals surface area (Å²) in [4.78, 5) is 0. The highest BCUT2D eigenvalue weighted by molar-refractivity contribution is 6.16. The van der Waals surface area contributed by atoms with Crippen LogP contribution in [0.1, 0.15) is 17.0 Å². The Labute approximate surface area is 105 Å². The Hall–Kier alpha value is -1.39. The number of hydrogen-bond donors (Lipinski definition) is 0. The molecule has 0 unspecified atom stereocenters. The fourth-order valence-corrected chi connectivity index (χ4v) is 1.92. The zero-order chi connectivity index (χ0) is 12.3. The van der Waals surface area contributed by atoms with Crippen LogP contribution in [0.5, 0.6) is 0 Å². The van der Waals surface area contributed by atoms with Gasteiger partial charge in [-0.3, -0.25) is 0 Å². The number of methoxy groups -OCH3 is 1. The summed E-state index contributed by atoms with van der Waals surface area (Å²) in [5.74, 6) is 0.338. The van der Waals surface area contributed by atoms with Crippen molar-refractivity contribution in [2.45, 2.75) is 19.4 Å². The zero-order valence-corrected chi connectivity index (χ0v) is 10.6. The van der Waals surface area contributed by atoms with Crippen LogP contribution >= 0.6 is 11.6 Å². The van der Waals surface area contributed by atoms with Gasteiger partial charge in [0.1, 0.15) is 5.69 Å². The Kier molecular flexibility index (Phi) is 3.76. The number of benzene rings is 1. The predicted molar refractivity (Wildman–Crippen MR) is 66.4 cm³/mol. The third-order valence-electron chi connectivity index (χ3n) is 2.59. The van der Waals surface area contributed by atoms with Crippen molar-refractivity contribution in [2.24, 2.45) is 0 Å². The second-order valence-electron chi connectivity index (χ2n) is 3.75. The number of ether oxygens (including phenoxy) is 1. The number of para-hydroxylation sites is 1. The van der Waals surface area contributed by atoms with Crippen molar-refractivity contribution in [3.63, 3.8) is 0 Å². The molecule has 0 saturated heterocycles. The zero-order valence-electron chi connectivity index (χ0n) is 9.85. The van der Waals surface area contributed by atoms with E-state index in [1.165, 1.54) is 0 Å². The maximum absolute atomic E-state index is 5.84. The van der Waals surface area contributed by atoms with E-state index in [4.69, 9.17) is 16.3 Å². The van der Waals surface area contributed by atoms with Gasteiger partial charge in [-0.25, -0.2) is 4.68 Å². The molecule has 0 bridgehead atoms.